The van der Waals surface area contributed by atoms with Crippen molar-refractivity contribution in [2.24, 2.45) is 5.92 Å². The number of aliphatic hydroxyl groups is 1. The number of nitrogens with zero attached hydrogens (tertiary/aromatic N) is 2. The number of sulfone groups is 1. The van der Waals surface area contributed by atoms with E-state index in [2.05, 4.69) is 25.8 Å². The van der Waals surface area contributed by atoms with Crippen molar-refractivity contribution < 1.29 is 59.7 Å². The number of thioether (sulfide) groups is 1. The van der Waals surface area contributed by atoms with Crippen molar-refractivity contribution in [1.82, 2.24) is 20.3 Å². The minimum absolute atomic E-state index is 0.0474. The quantitative estimate of drug-likeness (QED) is 0.0340. The monoisotopic (exact) mass is 1100 g/mol. The number of amides is 3. The smallest absolute Gasteiger partial charge is 0.465 e. The minimum Gasteiger partial charge on any atom is -0.465 e. The third kappa shape index (κ3) is 14.4. The molecule has 23 heteroatoms. The van der Waals surface area contributed by atoms with Crippen LogP contribution in [0.15, 0.2) is 136 Å². The third-order valence-corrected chi connectivity index (χ3v) is 17.5. The first-order valence-corrected chi connectivity index (χ1v) is 28.1. The van der Waals surface area contributed by atoms with Crippen LogP contribution in [-0.4, -0.2) is 117 Å². The third-order valence-electron chi connectivity index (χ3n) is 13.2. The van der Waals surface area contributed by atoms with Gasteiger partial charge in [0, 0.05) is 65.2 Å². The molecule has 2 saturated heterocycles. The molecule has 0 aromatic heterocycles. The van der Waals surface area contributed by atoms with Crippen LogP contribution in [0.1, 0.15) is 60.6 Å². The van der Waals surface area contributed by atoms with Gasteiger partial charge in [-0.1, -0.05) is 66.2 Å². The van der Waals surface area contributed by atoms with Crippen LogP contribution in [0.25, 0.3) is 11.1 Å². The van der Waals surface area contributed by atoms with Gasteiger partial charge in [0.05, 0.1) is 22.7 Å². The number of aliphatic hydroxyl groups excluding tert-OH is 1. The van der Waals surface area contributed by atoms with Crippen LogP contribution in [0.3, 0.4) is 0 Å². The van der Waals surface area contributed by atoms with Crippen LogP contribution in [-0.2, 0) is 19.9 Å². The number of alkyl halides is 3. The summed E-state index contributed by atoms with van der Waals surface area (Å²) in [5.74, 6) is -0.931. The van der Waals surface area contributed by atoms with Gasteiger partial charge in [-0.25, -0.2) is 31.1 Å². The van der Waals surface area contributed by atoms with Crippen molar-refractivity contribution in [2.45, 2.75) is 82.9 Å². The van der Waals surface area contributed by atoms with Crippen molar-refractivity contribution in [2.75, 3.05) is 48.7 Å². The van der Waals surface area contributed by atoms with Crippen LogP contribution in [0.2, 0.25) is 5.02 Å². The topological polar surface area (TPSA) is 235 Å². The average Bonchev–Trinajstić information content (AvgIpc) is 3.82. The van der Waals surface area contributed by atoms with E-state index in [-0.39, 0.29) is 42.7 Å². The lowest BCUT2D eigenvalue weighted by Crippen LogP contribution is -2.45. The standard InChI is InChI=1S/C51H56ClF3N6O10S3/c52-36-16-12-33(13-17-36)43-10-4-5-11-44(43)47(62)34-22-26-61(27-23-34)39-18-14-35(15-19-39)48(63)59-74(70,71)42-20-21-45(46(30-42)73(68,69)51(53,54)55)57-38(32-72-41-8-2-1-3-9-41)29-40-7-6-25-60(40)28-24-37(58-50(66)67)31-56-49(64)65/h1-5,8-21,30,34,37-38,40,47,56-58,62H,6-7,22-29,31-32H2,(H,59,63)(H,64,65)(H,66,67)/t37?,38-,40+,47-/m1/s1. The Kier molecular flexibility index (Phi) is 18.5. The summed E-state index contributed by atoms with van der Waals surface area (Å²) in [4.78, 5) is 38.6. The molecular formula is C51H56ClF3N6O10S3. The van der Waals surface area contributed by atoms with Crippen LogP contribution in [0.4, 0.5) is 34.1 Å². The number of rotatable bonds is 21. The molecule has 5 aromatic rings. The number of nitrogens with one attached hydrogen (secondary N) is 4. The molecule has 4 atom stereocenters. The van der Waals surface area contributed by atoms with Crippen molar-refractivity contribution in [1.29, 1.82) is 0 Å². The van der Waals surface area contributed by atoms with E-state index < -0.39 is 77.1 Å². The first kappa shape index (κ1) is 55.7. The second-order valence-corrected chi connectivity index (χ2v) is 23.2. The number of carboxylic acid groups (broad SMARTS) is 2. The molecule has 0 spiro atoms. The maximum Gasteiger partial charge on any atom is 0.501 e. The normalized spacial score (nSPS) is 17.0. The van der Waals surface area contributed by atoms with E-state index in [1.165, 1.54) is 23.9 Å². The zero-order chi connectivity index (χ0) is 53.2. The Morgan fingerprint density at radius 1 is 0.797 bits per heavy atom. The fourth-order valence-corrected chi connectivity index (χ4v) is 12.5. The molecule has 2 aliphatic rings. The molecule has 0 radical (unpaired) electrons. The van der Waals surface area contributed by atoms with Gasteiger partial charge in [-0.15, -0.1) is 11.8 Å². The highest BCUT2D eigenvalue weighted by Crippen LogP contribution is 2.39. The molecule has 7 rings (SSSR count). The summed E-state index contributed by atoms with van der Waals surface area (Å²) in [6.07, 6.45) is -0.246. The number of carbonyl (C=O) groups is 3. The largest absolute Gasteiger partial charge is 0.501 e. The van der Waals surface area contributed by atoms with E-state index >= 15 is 0 Å². The van der Waals surface area contributed by atoms with Gasteiger partial charge in [0.15, 0.2) is 0 Å². The summed E-state index contributed by atoms with van der Waals surface area (Å²) in [5, 5.41) is 38.0. The second kappa shape index (κ2) is 24.5. The first-order chi connectivity index (χ1) is 35.2. The Hall–Kier alpha value is -6.04. The lowest BCUT2D eigenvalue weighted by molar-refractivity contribution is -0.0436. The van der Waals surface area contributed by atoms with Crippen LogP contribution >= 0.6 is 23.4 Å². The van der Waals surface area contributed by atoms with Crippen LogP contribution in [0, 0.1) is 5.92 Å². The Morgan fingerprint density at radius 3 is 2.14 bits per heavy atom. The zero-order valence-electron chi connectivity index (χ0n) is 39.7. The summed E-state index contributed by atoms with van der Waals surface area (Å²) < 4.78 is 99.0. The van der Waals surface area contributed by atoms with Gasteiger partial charge in [-0.3, -0.25) is 4.79 Å². The second-order valence-electron chi connectivity index (χ2n) is 18.1. The van der Waals surface area contributed by atoms with Crippen molar-refractivity contribution >= 4 is 72.7 Å². The van der Waals surface area contributed by atoms with Gasteiger partial charge < -0.3 is 41.1 Å². The fourth-order valence-electron chi connectivity index (χ4n) is 9.39. The molecule has 2 aliphatic heterocycles. The SMILES string of the molecule is O=C(O)NCC(CCN1CCC[C@H]1C[C@H](CSc1ccccc1)Nc1ccc(S(=O)(=O)NC(=O)c2ccc(N3CCC([C@@H](O)c4ccccc4-c4ccc(Cl)cc4)CC3)cc2)cc1S(=O)(=O)C(F)(F)F)NC(=O)O. The van der Waals surface area contributed by atoms with Crippen LogP contribution in [0.5, 0.6) is 0 Å². The molecule has 1 unspecified atom stereocenters. The van der Waals surface area contributed by atoms with E-state index in [9.17, 15) is 54.6 Å². The summed E-state index contributed by atoms with van der Waals surface area (Å²) >= 11 is 7.46. The fraction of sp³-hybridized carbons (Fsp3) is 0.353. The van der Waals surface area contributed by atoms with Gasteiger partial charge in [0.25, 0.3) is 25.8 Å². The number of hydrogen-bond acceptors (Lipinski definition) is 12. The number of piperidine rings is 1. The molecule has 16 nitrogen and oxygen atoms in total. The van der Waals surface area contributed by atoms with Crippen molar-refractivity contribution in [3.05, 3.63) is 137 Å². The molecule has 2 fully saturated rings. The van der Waals surface area contributed by atoms with E-state index in [0.717, 1.165) is 45.8 Å². The summed E-state index contributed by atoms with van der Waals surface area (Å²) in [6.45, 7) is 1.89. The minimum atomic E-state index is -6.20. The predicted molar refractivity (Wildman–Crippen MR) is 277 cm³/mol. The molecule has 74 heavy (non-hydrogen) atoms. The number of likely N-dealkylation sites (tertiary alicyclic amines) is 1. The van der Waals surface area contributed by atoms with Gasteiger partial charge in [0.2, 0.25) is 0 Å². The molecule has 396 valence electrons. The Morgan fingerprint density at radius 2 is 1.47 bits per heavy atom. The molecule has 5 aromatic carbocycles. The zero-order valence-corrected chi connectivity index (χ0v) is 43.0. The number of sulfonamides is 1. The number of anilines is 2. The predicted octanol–water partition coefficient (Wildman–Crippen LogP) is 9.09. The van der Waals surface area contributed by atoms with Gasteiger partial charge >= 0.3 is 17.7 Å². The molecule has 3 amide bonds. The molecule has 0 aliphatic carbocycles. The highest BCUT2D eigenvalue weighted by atomic mass is 35.5. The number of benzene rings is 5. The average molecular weight is 1100 g/mol. The van der Waals surface area contributed by atoms with Crippen molar-refractivity contribution in [3.8, 4) is 11.1 Å². The maximum atomic E-state index is 14.4. The van der Waals surface area contributed by atoms with Gasteiger partial charge in [0.1, 0.15) is 4.90 Å². The summed E-state index contributed by atoms with van der Waals surface area (Å²) in [7, 11) is -11.2. The Labute approximate surface area is 436 Å². The van der Waals surface area contributed by atoms with E-state index in [1.54, 1.807) is 36.4 Å². The first-order valence-electron chi connectivity index (χ1n) is 23.7. The molecule has 0 bridgehead atoms. The van der Waals surface area contributed by atoms with E-state index in [1.807, 2.05) is 59.3 Å². The number of carbonyl (C=O) groups excluding carboxylic acids is 1. The number of halogens is 4. The Balaban J connectivity index is 1.04. The van der Waals surface area contributed by atoms with E-state index in [0.29, 0.717) is 56.5 Å². The lowest BCUT2D eigenvalue weighted by atomic mass is 9.84. The molecule has 0 saturated carbocycles. The summed E-state index contributed by atoms with van der Waals surface area (Å²) in [6, 6.07) is 30.7. The molecule has 7 N–H and O–H groups in total. The van der Waals surface area contributed by atoms with Gasteiger partial charge in [-0.2, -0.15) is 13.2 Å². The lowest BCUT2D eigenvalue weighted by Gasteiger charge is -2.36. The van der Waals surface area contributed by atoms with Crippen LogP contribution < -0.4 is 25.6 Å². The van der Waals surface area contributed by atoms with E-state index in [4.69, 9.17) is 16.7 Å². The Bertz CT molecular complexity index is 2970. The maximum absolute atomic E-state index is 14.4. The number of hydrogen-bond donors (Lipinski definition) is 7. The molecule has 2 heterocycles. The highest BCUT2D eigenvalue weighted by Gasteiger charge is 2.48. The van der Waals surface area contributed by atoms with Gasteiger partial charge in [-0.05, 0) is 134 Å². The summed E-state index contributed by atoms with van der Waals surface area (Å²) in [5.41, 5.74) is -3.07. The molecular weight excluding hydrogens is 1050 g/mol. The van der Waals surface area contributed by atoms with Crippen molar-refractivity contribution in [3.63, 3.8) is 0 Å². The highest BCUT2D eigenvalue weighted by molar-refractivity contribution is 7.99.